The number of hydrogen-bond donors (Lipinski definition) is 0. The molecule has 1 unspecified atom stereocenters. The molecule has 166 valence electrons. The largest absolute Gasteiger partial charge is 0.496 e. The summed E-state index contributed by atoms with van der Waals surface area (Å²) in [6.07, 6.45) is 7.73. The second kappa shape index (κ2) is 8.70. The fraction of sp³-hybridized carbons (Fsp3) is 0.417. The standard InChI is InChI=1S/C24H27N5O3/c1-16-20(4-3-5-22(16)31-2)17-6-7-21-18(12-17)13-27-29(23(21)30)24-25-14-19(15-26-24)28-8-10-32-11-9-28/h3-5,13-15,17H,6-12H2,1-2H3. The van der Waals surface area contributed by atoms with Crippen LogP contribution in [0.5, 0.6) is 5.75 Å². The SMILES string of the molecule is COc1cccc(C2CCc3c(cnn(-c4ncc(N5CCOCC5)cn4)c3=O)C2)c1C. The average Bonchev–Trinajstić information content (AvgIpc) is 2.85. The summed E-state index contributed by atoms with van der Waals surface area (Å²) in [5.74, 6) is 1.55. The van der Waals surface area contributed by atoms with Crippen molar-refractivity contribution >= 4 is 5.69 Å². The molecule has 0 bridgehead atoms. The number of aromatic nitrogens is 4. The van der Waals surface area contributed by atoms with E-state index in [1.165, 1.54) is 15.8 Å². The summed E-state index contributed by atoms with van der Waals surface area (Å²) in [6, 6.07) is 6.18. The van der Waals surface area contributed by atoms with Crippen LogP contribution < -0.4 is 15.2 Å². The summed E-state index contributed by atoms with van der Waals surface area (Å²) in [5.41, 5.74) is 5.08. The Hall–Kier alpha value is -3.26. The lowest BCUT2D eigenvalue weighted by atomic mass is 9.79. The molecular weight excluding hydrogens is 406 g/mol. The van der Waals surface area contributed by atoms with Crippen molar-refractivity contribution in [2.75, 3.05) is 38.3 Å². The van der Waals surface area contributed by atoms with E-state index >= 15 is 0 Å². The summed E-state index contributed by atoms with van der Waals surface area (Å²) in [5, 5.41) is 4.41. The van der Waals surface area contributed by atoms with Crippen LogP contribution >= 0.6 is 0 Å². The number of anilines is 1. The van der Waals surface area contributed by atoms with Crippen LogP contribution in [0.15, 0.2) is 41.6 Å². The monoisotopic (exact) mass is 433 g/mol. The number of ether oxygens (including phenoxy) is 2. The quantitative estimate of drug-likeness (QED) is 0.625. The fourth-order valence-corrected chi connectivity index (χ4v) is 4.76. The lowest BCUT2D eigenvalue weighted by molar-refractivity contribution is 0.122. The van der Waals surface area contributed by atoms with Gasteiger partial charge in [0.2, 0.25) is 0 Å². The lowest BCUT2D eigenvalue weighted by Gasteiger charge is -2.28. The molecule has 3 aromatic rings. The highest BCUT2D eigenvalue weighted by Gasteiger charge is 2.26. The maximum Gasteiger partial charge on any atom is 0.277 e. The van der Waals surface area contributed by atoms with Crippen LogP contribution in [0, 0.1) is 6.92 Å². The van der Waals surface area contributed by atoms with Crippen LogP contribution in [-0.2, 0) is 17.6 Å². The first-order valence-electron chi connectivity index (χ1n) is 11.0. The molecule has 1 atom stereocenters. The van der Waals surface area contributed by atoms with Gasteiger partial charge in [-0.1, -0.05) is 12.1 Å². The van der Waals surface area contributed by atoms with E-state index in [-0.39, 0.29) is 5.56 Å². The van der Waals surface area contributed by atoms with Crippen LogP contribution in [0.1, 0.15) is 34.6 Å². The average molecular weight is 434 g/mol. The number of morpholine rings is 1. The van der Waals surface area contributed by atoms with Gasteiger partial charge in [-0.2, -0.15) is 9.78 Å². The highest BCUT2D eigenvalue weighted by molar-refractivity contribution is 5.44. The Morgan fingerprint density at radius 2 is 1.91 bits per heavy atom. The maximum atomic E-state index is 13.2. The molecule has 3 heterocycles. The molecule has 8 nitrogen and oxygen atoms in total. The van der Waals surface area contributed by atoms with Crippen LogP contribution in [0.4, 0.5) is 5.69 Å². The minimum absolute atomic E-state index is 0.123. The smallest absolute Gasteiger partial charge is 0.277 e. The van der Waals surface area contributed by atoms with E-state index in [1.807, 2.05) is 12.1 Å². The molecule has 32 heavy (non-hydrogen) atoms. The Labute approximate surface area is 186 Å². The molecule has 0 N–H and O–H groups in total. The summed E-state index contributed by atoms with van der Waals surface area (Å²) >= 11 is 0. The van der Waals surface area contributed by atoms with Crippen molar-refractivity contribution in [1.29, 1.82) is 0 Å². The van der Waals surface area contributed by atoms with Crippen molar-refractivity contribution in [3.63, 3.8) is 0 Å². The van der Waals surface area contributed by atoms with Crippen LogP contribution in [0.3, 0.4) is 0 Å². The first-order chi connectivity index (χ1) is 15.7. The van der Waals surface area contributed by atoms with Gasteiger partial charge in [-0.15, -0.1) is 0 Å². The third-order valence-electron chi connectivity index (χ3n) is 6.55. The molecule has 1 aromatic carbocycles. The Bertz CT molecular complexity index is 1170. The van der Waals surface area contributed by atoms with Gasteiger partial charge in [0.1, 0.15) is 5.75 Å². The Morgan fingerprint density at radius 3 is 2.66 bits per heavy atom. The van der Waals surface area contributed by atoms with Gasteiger partial charge >= 0.3 is 0 Å². The number of benzene rings is 1. The van der Waals surface area contributed by atoms with E-state index in [2.05, 4.69) is 33.0 Å². The Morgan fingerprint density at radius 1 is 1.12 bits per heavy atom. The van der Waals surface area contributed by atoms with E-state index in [0.717, 1.165) is 48.5 Å². The molecule has 0 saturated carbocycles. The normalized spacial score (nSPS) is 18.3. The van der Waals surface area contributed by atoms with Gasteiger partial charge in [0.15, 0.2) is 0 Å². The van der Waals surface area contributed by atoms with Gasteiger partial charge in [0.25, 0.3) is 11.5 Å². The van der Waals surface area contributed by atoms with Crippen LogP contribution in [0.2, 0.25) is 0 Å². The Kier molecular flexibility index (Phi) is 5.61. The molecule has 1 aliphatic carbocycles. The highest BCUT2D eigenvalue weighted by Crippen LogP contribution is 2.35. The number of methoxy groups -OCH3 is 1. The van der Waals surface area contributed by atoms with Crippen molar-refractivity contribution in [3.8, 4) is 11.7 Å². The molecule has 0 amide bonds. The molecule has 2 aliphatic rings. The molecule has 8 heteroatoms. The van der Waals surface area contributed by atoms with Crippen LogP contribution in [0.25, 0.3) is 5.95 Å². The van der Waals surface area contributed by atoms with E-state index in [4.69, 9.17) is 9.47 Å². The Balaban J connectivity index is 1.39. The molecular formula is C24H27N5O3. The highest BCUT2D eigenvalue weighted by atomic mass is 16.5. The van der Waals surface area contributed by atoms with Crippen LogP contribution in [-0.4, -0.2) is 53.2 Å². The van der Waals surface area contributed by atoms with Crippen molar-refractivity contribution in [2.45, 2.75) is 32.1 Å². The molecule has 0 spiro atoms. The van der Waals surface area contributed by atoms with Gasteiger partial charge in [-0.05, 0) is 54.9 Å². The van der Waals surface area contributed by atoms with Gasteiger partial charge in [-0.3, -0.25) is 4.79 Å². The lowest BCUT2D eigenvalue weighted by Crippen LogP contribution is -2.36. The van der Waals surface area contributed by atoms with Gasteiger partial charge in [-0.25, -0.2) is 9.97 Å². The topological polar surface area (TPSA) is 82.4 Å². The number of fused-ring (bicyclic) bond motifs is 1. The summed E-state index contributed by atoms with van der Waals surface area (Å²) in [4.78, 5) is 24.2. The van der Waals surface area contributed by atoms with Crippen molar-refractivity contribution in [2.24, 2.45) is 0 Å². The minimum atomic E-state index is -0.123. The van der Waals surface area contributed by atoms with Gasteiger partial charge < -0.3 is 14.4 Å². The second-order valence-electron chi connectivity index (χ2n) is 8.32. The zero-order valence-corrected chi connectivity index (χ0v) is 18.5. The first-order valence-corrected chi connectivity index (χ1v) is 11.0. The van der Waals surface area contributed by atoms with E-state index in [1.54, 1.807) is 25.7 Å². The maximum absolute atomic E-state index is 13.2. The fourth-order valence-electron chi connectivity index (χ4n) is 4.76. The third-order valence-corrected chi connectivity index (χ3v) is 6.55. The zero-order valence-electron chi connectivity index (χ0n) is 18.5. The molecule has 1 fully saturated rings. The van der Waals surface area contributed by atoms with E-state index < -0.39 is 0 Å². The van der Waals surface area contributed by atoms with E-state index in [0.29, 0.717) is 31.5 Å². The molecule has 5 rings (SSSR count). The number of rotatable bonds is 4. The van der Waals surface area contributed by atoms with E-state index in [9.17, 15) is 4.79 Å². The molecule has 1 aliphatic heterocycles. The zero-order chi connectivity index (χ0) is 22.1. The summed E-state index contributed by atoms with van der Waals surface area (Å²) < 4.78 is 12.2. The second-order valence-corrected chi connectivity index (χ2v) is 8.32. The number of hydrogen-bond acceptors (Lipinski definition) is 7. The van der Waals surface area contributed by atoms with Crippen molar-refractivity contribution in [1.82, 2.24) is 19.7 Å². The predicted molar refractivity (Wildman–Crippen MR) is 121 cm³/mol. The summed E-state index contributed by atoms with van der Waals surface area (Å²) in [7, 11) is 1.70. The molecule has 1 saturated heterocycles. The minimum Gasteiger partial charge on any atom is -0.496 e. The van der Waals surface area contributed by atoms with Gasteiger partial charge in [0.05, 0.1) is 44.6 Å². The van der Waals surface area contributed by atoms with Crippen molar-refractivity contribution in [3.05, 3.63) is 69.4 Å². The first kappa shape index (κ1) is 20.6. The third kappa shape index (κ3) is 3.75. The summed E-state index contributed by atoms with van der Waals surface area (Å²) in [6.45, 7) is 5.12. The molecule has 0 radical (unpaired) electrons. The number of nitrogens with zero attached hydrogens (tertiary/aromatic N) is 5. The molecule has 2 aromatic heterocycles. The predicted octanol–water partition coefficient (Wildman–Crippen LogP) is 2.45. The van der Waals surface area contributed by atoms with Crippen molar-refractivity contribution < 1.29 is 9.47 Å². The van der Waals surface area contributed by atoms with Gasteiger partial charge in [0, 0.05) is 18.7 Å².